The number of nitrogen functional groups attached to an aromatic ring is 1. The predicted octanol–water partition coefficient (Wildman–Crippen LogP) is 5.18. The summed E-state index contributed by atoms with van der Waals surface area (Å²) in [6, 6.07) is 0. The zero-order valence-corrected chi connectivity index (χ0v) is 23.4. The van der Waals surface area contributed by atoms with Crippen molar-refractivity contribution < 1.29 is 13.6 Å². The molecule has 4 rings (SSSR count). The van der Waals surface area contributed by atoms with Crippen LogP contribution in [-0.4, -0.2) is 55.0 Å². The highest BCUT2D eigenvalue weighted by Gasteiger charge is 2.58. The molecule has 33 heavy (non-hydrogen) atoms. The highest BCUT2D eigenvalue weighted by Crippen LogP contribution is 2.50. The Balaban J connectivity index is 1.72. The van der Waals surface area contributed by atoms with Gasteiger partial charge in [-0.15, -0.1) is 0 Å². The number of nitrogens with two attached hydrogens (primary N) is 1. The first-order valence-electron chi connectivity index (χ1n) is 12.4. The fourth-order valence-electron chi connectivity index (χ4n) is 6.02. The molecule has 0 saturated carbocycles. The molecule has 2 N–H and O–H groups in total. The average Bonchev–Trinajstić information content (AvgIpc) is 3.32. The van der Waals surface area contributed by atoms with Crippen LogP contribution in [-0.2, 0) is 13.6 Å². The van der Waals surface area contributed by atoms with Crippen molar-refractivity contribution in [3.8, 4) is 0 Å². The Kier molecular flexibility index (Phi) is 6.78. The third-order valence-corrected chi connectivity index (χ3v) is 21.9. The zero-order chi connectivity index (χ0) is 24.1. The molecule has 0 radical (unpaired) electrons. The van der Waals surface area contributed by atoms with Gasteiger partial charge in [0, 0.05) is 6.42 Å². The van der Waals surface area contributed by atoms with E-state index in [1.807, 2.05) is 4.57 Å². The Labute approximate surface area is 199 Å². The maximum atomic E-state index is 7.32. The van der Waals surface area contributed by atoms with E-state index in [0.717, 1.165) is 12.1 Å². The second-order valence-electron chi connectivity index (χ2n) is 11.1. The molecule has 4 heterocycles. The van der Waals surface area contributed by atoms with E-state index in [1.165, 1.54) is 6.33 Å². The molecule has 0 amide bonds. The molecule has 0 spiro atoms. The lowest BCUT2D eigenvalue weighted by Gasteiger charge is -2.51. The van der Waals surface area contributed by atoms with Crippen LogP contribution in [0.4, 0.5) is 5.82 Å². The van der Waals surface area contributed by atoms with Crippen LogP contribution in [0.15, 0.2) is 12.7 Å². The van der Waals surface area contributed by atoms with Gasteiger partial charge in [-0.1, -0.05) is 55.4 Å². The van der Waals surface area contributed by atoms with Crippen molar-refractivity contribution in [2.24, 2.45) is 0 Å². The molecular weight excluding hydrogens is 450 g/mol. The standard InChI is InChI=1S/C23H41N5O3Si2/c1-14(2)32(15(3)4)13-33(16(5)6,17(7)8)31-18-9-20(30-19(18)10-29-32)28-12-27-21-22(24)25-11-26-23(21)28/h11-12,14-20H,9-10,13H2,1-8H3,(H2,24,25,26)/t18?,19-,20-/m1/s1. The van der Waals surface area contributed by atoms with Gasteiger partial charge in [0.1, 0.15) is 24.2 Å². The molecular formula is C23H41N5O3Si2. The fraction of sp³-hybridized carbons (Fsp3) is 0.783. The molecule has 2 aromatic rings. The van der Waals surface area contributed by atoms with Crippen LogP contribution >= 0.6 is 0 Å². The topological polar surface area (TPSA) is 97.3 Å². The van der Waals surface area contributed by atoms with Gasteiger partial charge in [-0.25, -0.2) is 15.0 Å². The van der Waals surface area contributed by atoms with Gasteiger partial charge < -0.3 is 19.3 Å². The van der Waals surface area contributed by atoms with Crippen molar-refractivity contribution in [2.45, 2.75) is 108 Å². The van der Waals surface area contributed by atoms with Gasteiger partial charge in [-0.2, -0.15) is 0 Å². The van der Waals surface area contributed by atoms with Crippen LogP contribution in [0.1, 0.15) is 68.0 Å². The van der Waals surface area contributed by atoms with Crippen LogP contribution in [0.3, 0.4) is 0 Å². The van der Waals surface area contributed by atoms with E-state index < -0.39 is 16.6 Å². The van der Waals surface area contributed by atoms with Crippen LogP contribution in [0.25, 0.3) is 11.2 Å². The van der Waals surface area contributed by atoms with E-state index in [4.69, 9.17) is 19.3 Å². The fourth-order valence-corrected chi connectivity index (χ4v) is 21.9. The van der Waals surface area contributed by atoms with Crippen molar-refractivity contribution in [1.82, 2.24) is 19.5 Å². The van der Waals surface area contributed by atoms with Crippen LogP contribution < -0.4 is 5.73 Å². The number of ether oxygens (including phenoxy) is 1. The van der Waals surface area contributed by atoms with Crippen molar-refractivity contribution >= 4 is 33.6 Å². The third-order valence-electron chi connectivity index (χ3n) is 8.23. The molecule has 1 unspecified atom stereocenters. The van der Waals surface area contributed by atoms with Crippen molar-refractivity contribution in [3.05, 3.63) is 12.7 Å². The summed E-state index contributed by atoms with van der Waals surface area (Å²) in [6.45, 7) is 19.4. The van der Waals surface area contributed by atoms with Gasteiger partial charge in [0.25, 0.3) is 0 Å². The SMILES string of the molecule is CC(C)[Si]1(C(C)C)C[Si](C(C)C)(C(C)C)OC2C[C@H](n3cnc4c(N)ncnc43)O[C@@H]2CO1. The van der Waals surface area contributed by atoms with Crippen LogP contribution in [0.2, 0.25) is 27.8 Å². The average molecular weight is 492 g/mol. The molecule has 10 heteroatoms. The van der Waals surface area contributed by atoms with Gasteiger partial charge in [-0.3, -0.25) is 4.57 Å². The highest BCUT2D eigenvalue weighted by atomic mass is 28.4. The summed E-state index contributed by atoms with van der Waals surface area (Å²) >= 11 is 0. The molecule has 184 valence electrons. The van der Waals surface area contributed by atoms with Gasteiger partial charge in [0.05, 0.1) is 19.0 Å². The molecule has 2 aliphatic heterocycles. The molecule has 2 saturated heterocycles. The molecule has 2 fully saturated rings. The molecule has 0 bridgehead atoms. The van der Waals surface area contributed by atoms with Crippen molar-refractivity contribution in [2.75, 3.05) is 12.3 Å². The summed E-state index contributed by atoms with van der Waals surface area (Å²) in [5.74, 6) is 0.387. The Hall–Kier alpha value is -1.34. The number of imidazole rings is 1. The summed E-state index contributed by atoms with van der Waals surface area (Å²) in [5.41, 5.74) is 10.5. The Morgan fingerprint density at radius 1 is 0.909 bits per heavy atom. The Morgan fingerprint density at radius 3 is 2.15 bits per heavy atom. The molecule has 2 aliphatic rings. The monoisotopic (exact) mass is 491 g/mol. The maximum absolute atomic E-state index is 7.32. The first-order valence-corrected chi connectivity index (χ1v) is 17.0. The quantitative estimate of drug-likeness (QED) is 0.575. The van der Waals surface area contributed by atoms with E-state index in [-0.39, 0.29) is 18.4 Å². The zero-order valence-electron chi connectivity index (χ0n) is 21.4. The summed E-state index contributed by atoms with van der Waals surface area (Å²) in [5, 5.41) is 0. The Morgan fingerprint density at radius 2 is 1.55 bits per heavy atom. The summed E-state index contributed by atoms with van der Waals surface area (Å²) in [4.78, 5) is 12.9. The van der Waals surface area contributed by atoms with E-state index in [0.29, 0.717) is 45.8 Å². The highest BCUT2D eigenvalue weighted by molar-refractivity contribution is 6.94. The van der Waals surface area contributed by atoms with E-state index in [1.54, 1.807) is 6.33 Å². The summed E-state index contributed by atoms with van der Waals surface area (Å²) in [6.07, 6.45) is 3.71. The lowest BCUT2D eigenvalue weighted by Crippen LogP contribution is -2.61. The van der Waals surface area contributed by atoms with E-state index in [2.05, 4.69) is 70.3 Å². The van der Waals surface area contributed by atoms with Gasteiger partial charge in [0.15, 0.2) is 28.1 Å². The summed E-state index contributed by atoms with van der Waals surface area (Å²) < 4.78 is 22.9. The lowest BCUT2D eigenvalue weighted by molar-refractivity contribution is -0.0411. The first kappa shape index (κ1) is 24.8. The number of aromatic nitrogens is 4. The molecule has 3 atom stereocenters. The molecule has 2 aromatic heterocycles. The van der Waals surface area contributed by atoms with Gasteiger partial charge in [-0.05, 0) is 27.8 Å². The maximum Gasteiger partial charge on any atom is 0.198 e. The minimum atomic E-state index is -2.16. The minimum absolute atomic E-state index is 0.00873. The number of hydrogen-bond acceptors (Lipinski definition) is 7. The van der Waals surface area contributed by atoms with Crippen LogP contribution in [0, 0.1) is 0 Å². The molecule has 8 nitrogen and oxygen atoms in total. The minimum Gasteiger partial charge on any atom is -0.414 e. The molecule has 0 aromatic carbocycles. The first-order chi connectivity index (χ1) is 15.5. The van der Waals surface area contributed by atoms with Gasteiger partial charge in [0.2, 0.25) is 0 Å². The Bertz CT molecular complexity index is 964. The third kappa shape index (κ3) is 4.07. The molecule has 0 aliphatic carbocycles. The summed E-state index contributed by atoms with van der Waals surface area (Å²) in [7, 11) is -4.24. The van der Waals surface area contributed by atoms with E-state index >= 15 is 0 Å². The number of nitrogens with zero attached hydrogens (tertiary/aromatic N) is 4. The number of anilines is 1. The second-order valence-corrected chi connectivity index (χ2v) is 21.5. The van der Waals surface area contributed by atoms with Gasteiger partial charge >= 0.3 is 0 Å². The predicted molar refractivity (Wildman–Crippen MR) is 136 cm³/mol. The largest absolute Gasteiger partial charge is 0.414 e. The number of hydrogen-bond donors (Lipinski definition) is 1. The normalized spacial score (nSPS) is 27.5. The van der Waals surface area contributed by atoms with E-state index in [9.17, 15) is 0 Å². The van der Waals surface area contributed by atoms with Crippen LogP contribution in [0.5, 0.6) is 0 Å². The number of rotatable bonds is 5. The van der Waals surface area contributed by atoms with Crippen molar-refractivity contribution in [1.29, 1.82) is 0 Å². The number of fused-ring (bicyclic) bond motifs is 2. The second kappa shape index (κ2) is 9.03. The lowest BCUT2D eigenvalue weighted by atomic mass is 10.2. The van der Waals surface area contributed by atoms with Crippen molar-refractivity contribution in [3.63, 3.8) is 0 Å². The smallest absolute Gasteiger partial charge is 0.198 e.